The quantitative estimate of drug-likeness (QED) is 0.654. The lowest BCUT2D eigenvalue weighted by atomic mass is 9.93. The van der Waals surface area contributed by atoms with Gasteiger partial charge in [0.05, 0.1) is 5.60 Å². The van der Waals surface area contributed by atoms with E-state index < -0.39 is 5.60 Å². The molecule has 0 spiro atoms. The Bertz CT molecular complexity index is 289. The standard InChI is InChI=1S/C10H14IO2P/c11-9-3-1-8(2-4-9)10(13,7-14)5-6-12/h1-4,12-13H,5-7,14H2. The van der Waals surface area contributed by atoms with Crippen molar-refractivity contribution in [3.8, 4) is 0 Å². The van der Waals surface area contributed by atoms with Gasteiger partial charge in [-0.05, 0) is 46.4 Å². The zero-order valence-electron chi connectivity index (χ0n) is 7.78. The molecule has 1 aromatic rings. The van der Waals surface area contributed by atoms with Gasteiger partial charge >= 0.3 is 0 Å². The van der Waals surface area contributed by atoms with Crippen LogP contribution in [-0.4, -0.2) is 23.0 Å². The van der Waals surface area contributed by atoms with Crippen molar-refractivity contribution in [1.29, 1.82) is 0 Å². The maximum atomic E-state index is 10.2. The first-order valence-electron chi connectivity index (χ1n) is 4.42. The summed E-state index contributed by atoms with van der Waals surface area (Å²) in [5, 5.41) is 19.1. The molecule has 14 heavy (non-hydrogen) atoms. The van der Waals surface area contributed by atoms with Crippen molar-refractivity contribution in [1.82, 2.24) is 0 Å². The van der Waals surface area contributed by atoms with Gasteiger partial charge in [0.1, 0.15) is 0 Å². The molecule has 78 valence electrons. The second-order valence-corrected chi connectivity index (χ2v) is 4.87. The first-order chi connectivity index (χ1) is 6.62. The molecule has 0 radical (unpaired) electrons. The van der Waals surface area contributed by atoms with Crippen LogP contribution < -0.4 is 0 Å². The van der Waals surface area contributed by atoms with E-state index in [4.69, 9.17) is 5.11 Å². The van der Waals surface area contributed by atoms with Crippen molar-refractivity contribution in [3.05, 3.63) is 33.4 Å². The van der Waals surface area contributed by atoms with Crippen LogP contribution in [0.15, 0.2) is 24.3 Å². The molecule has 0 aliphatic heterocycles. The third kappa shape index (κ3) is 2.89. The number of halogens is 1. The van der Waals surface area contributed by atoms with Gasteiger partial charge in [0.25, 0.3) is 0 Å². The molecule has 0 bridgehead atoms. The molecular formula is C10H14IO2P. The largest absolute Gasteiger partial charge is 0.396 e. The van der Waals surface area contributed by atoms with Crippen LogP contribution in [0.1, 0.15) is 12.0 Å². The average molecular weight is 324 g/mol. The zero-order valence-corrected chi connectivity index (χ0v) is 11.1. The molecule has 0 fully saturated rings. The van der Waals surface area contributed by atoms with Gasteiger partial charge in [0.2, 0.25) is 0 Å². The maximum Gasteiger partial charge on any atom is 0.0952 e. The molecule has 0 aliphatic rings. The number of benzene rings is 1. The lowest BCUT2D eigenvalue weighted by Gasteiger charge is -2.26. The topological polar surface area (TPSA) is 40.5 Å². The maximum absolute atomic E-state index is 10.2. The highest BCUT2D eigenvalue weighted by molar-refractivity contribution is 14.1. The minimum absolute atomic E-state index is 0.00309. The Kier molecular flexibility index (Phi) is 4.77. The molecule has 0 saturated heterocycles. The van der Waals surface area contributed by atoms with Gasteiger partial charge in [0, 0.05) is 16.6 Å². The fraction of sp³-hybridized carbons (Fsp3) is 0.400. The first-order valence-corrected chi connectivity index (χ1v) is 6.31. The van der Waals surface area contributed by atoms with E-state index in [1.807, 2.05) is 24.3 Å². The summed E-state index contributed by atoms with van der Waals surface area (Å²) in [7, 11) is 2.52. The Morgan fingerprint density at radius 3 is 2.29 bits per heavy atom. The summed E-state index contributed by atoms with van der Waals surface area (Å²) < 4.78 is 1.14. The van der Waals surface area contributed by atoms with E-state index in [1.54, 1.807) is 0 Å². The van der Waals surface area contributed by atoms with Crippen LogP contribution in [0.5, 0.6) is 0 Å². The Labute approximate surface area is 100 Å². The summed E-state index contributed by atoms with van der Waals surface area (Å²) in [6.45, 7) is -0.00309. The highest BCUT2D eigenvalue weighted by Gasteiger charge is 2.26. The molecule has 2 atom stereocenters. The summed E-state index contributed by atoms with van der Waals surface area (Å²) in [6.07, 6.45) is 0.908. The fourth-order valence-corrected chi connectivity index (χ4v) is 2.11. The van der Waals surface area contributed by atoms with Crippen LogP contribution >= 0.6 is 31.8 Å². The monoisotopic (exact) mass is 324 g/mol. The van der Waals surface area contributed by atoms with Gasteiger partial charge in [-0.25, -0.2) is 0 Å². The van der Waals surface area contributed by atoms with Crippen molar-refractivity contribution < 1.29 is 10.2 Å². The van der Waals surface area contributed by atoms with E-state index in [0.717, 1.165) is 9.13 Å². The van der Waals surface area contributed by atoms with Crippen LogP contribution in [0.3, 0.4) is 0 Å². The lowest BCUT2D eigenvalue weighted by Crippen LogP contribution is -2.28. The molecule has 1 rings (SSSR count). The van der Waals surface area contributed by atoms with Crippen molar-refractivity contribution in [2.75, 3.05) is 12.8 Å². The molecule has 2 N–H and O–H groups in total. The van der Waals surface area contributed by atoms with Gasteiger partial charge in [0.15, 0.2) is 0 Å². The summed E-state index contributed by atoms with van der Waals surface area (Å²) >= 11 is 2.22. The van der Waals surface area contributed by atoms with Crippen molar-refractivity contribution in [3.63, 3.8) is 0 Å². The van der Waals surface area contributed by atoms with Crippen molar-refractivity contribution >= 4 is 31.8 Å². The minimum atomic E-state index is -0.913. The number of aliphatic hydroxyl groups excluding tert-OH is 1. The average Bonchev–Trinajstić information content (AvgIpc) is 2.19. The summed E-state index contributed by atoms with van der Waals surface area (Å²) in [5.41, 5.74) is -0.0500. The highest BCUT2D eigenvalue weighted by Crippen LogP contribution is 2.27. The Hall–Kier alpha value is 0.300. The summed E-state index contributed by atoms with van der Waals surface area (Å²) in [6, 6.07) is 7.72. The molecule has 0 aliphatic carbocycles. The SMILES string of the molecule is OCCC(O)(CP)c1ccc(I)cc1. The van der Waals surface area contributed by atoms with Crippen LogP contribution in [-0.2, 0) is 5.60 Å². The van der Waals surface area contributed by atoms with E-state index in [1.165, 1.54) is 0 Å². The van der Waals surface area contributed by atoms with Crippen molar-refractivity contribution in [2.45, 2.75) is 12.0 Å². The van der Waals surface area contributed by atoms with E-state index in [2.05, 4.69) is 31.8 Å². The molecule has 2 unspecified atom stereocenters. The molecule has 1 aromatic carbocycles. The number of hydrogen-bond acceptors (Lipinski definition) is 2. The molecular weight excluding hydrogens is 310 g/mol. The second-order valence-electron chi connectivity index (χ2n) is 3.22. The summed E-state index contributed by atoms with van der Waals surface area (Å²) in [5.74, 6) is 0. The second kappa shape index (κ2) is 5.40. The molecule has 2 nitrogen and oxygen atoms in total. The van der Waals surface area contributed by atoms with Crippen LogP contribution in [0, 0.1) is 3.57 Å². The van der Waals surface area contributed by atoms with Crippen LogP contribution in [0.2, 0.25) is 0 Å². The Morgan fingerprint density at radius 1 is 1.29 bits per heavy atom. The summed E-state index contributed by atoms with van der Waals surface area (Å²) in [4.78, 5) is 0. The smallest absolute Gasteiger partial charge is 0.0952 e. The van der Waals surface area contributed by atoms with Gasteiger partial charge in [-0.2, -0.15) is 0 Å². The fourth-order valence-electron chi connectivity index (χ4n) is 1.31. The molecule has 0 saturated carbocycles. The highest BCUT2D eigenvalue weighted by atomic mass is 127. The molecule has 4 heteroatoms. The number of rotatable bonds is 4. The lowest BCUT2D eigenvalue weighted by molar-refractivity contribution is 0.0345. The molecule has 0 heterocycles. The Balaban J connectivity index is 2.94. The van der Waals surface area contributed by atoms with Gasteiger partial charge in [-0.1, -0.05) is 12.1 Å². The minimum Gasteiger partial charge on any atom is -0.396 e. The van der Waals surface area contributed by atoms with E-state index >= 15 is 0 Å². The zero-order chi connectivity index (χ0) is 10.6. The van der Waals surface area contributed by atoms with E-state index in [-0.39, 0.29) is 6.61 Å². The van der Waals surface area contributed by atoms with Gasteiger partial charge < -0.3 is 10.2 Å². The Morgan fingerprint density at radius 2 is 1.86 bits per heavy atom. The van der Waals surface area contributed by atoms with E-state index in [9.17, 15) is 5.11 Å². The predicted octanol–water partition coefficient (Wildman–Crippen LogP) is 1.74. The number of aliphatic hydroxyl groups is 2. The number of hydrogen-bond donors (Lipinski definition) is 2. The van der Waals surface area contributed by atoms with Gasteiger partial charge in [-0.3, -0.25) is 0 Å². The molecule has 0 aromatic heterocycles. The molecule has 0 amide bonds. The normalized spacial score (nSPS) is 15.1. The van der Waals surface area contributed by atoms with E-state index in [0.29, 0.717) is 12.6 Å². The van der Waals surface area contributed by atoms with Crippen molar-refractivity contribution in [2.24, 2.45) is 0 Å². The predicted molar refractivity (Wildman–Crippen MR) is 69.3 cm³/mol. The van der Waals surface area contributed by atoms with Crippen LogP contribution in [0.25, 0.3) is 0 Å². The van der Waals surface area contributed by atoms with Gasteiger partial charge in [-0.15, -0.1) is 9.24 Å². The van der Waals surface area contributed by atoms with Crippen LogP contribution in [0.4, 0.5) is 0 Å². The first kappa shape index (κ1) is 12.4. The third-order valence-electron chi connectivity index (χ3n) is 2.24. The third-order valence-corrected chi connectivity index (χ3v) is 3.64.